The van der Waals surface area contributed by atoms with Crippen LogP contribution in [0.25, 0.3) is 0 Å². The maximum Gasteiger partial charge on any atom is 0.00172 e. The van der Waals surface area contributed by atoms with Crippen LogP contribution < -0.4 is 5.32 Å². The lowest BCUT2D eigenvalue weighted by Crippen LogP contribution is -2.17. The molecule has 1 unspecified atom stereocenters. The van der Waals surface area contributed by atoms with Gasteiger partial charge in [0, 0.05) is 6.54 Å². The Hall–Kier alpha value is -1.60. The van der Waals surface area contributed by atoms with Gasteiger partial charge in [-0.3, -0.25) is 0 Å². The molecule has 94 valence electrons. The Morgan fingerprint density at radius 3 is 2.11 bits per heavy atom. The quantitative estimate of drug-likeness (QED) is 0.812. The molecule has 0 saturated heterocycles. The lowest BCUT2D eigenvalue weighted by atomic mass is 9.92. The van der Waals surface area contributed by atoms with Crippen molar-refractivity contribution in [2.45, 2.75) is 18.8 Å². The zero-order valence-corrected chi connectivity index (χ0v) is 11.0. The van der Waals surface area contributed by atoms with E-state index in [1.54, 1.807) is 0 Å². The van der Waals surface area contributed by atoms with Gasteiger partial charge in [0.15, 0.2) is 0 Å². The first-order chi connectivity index (χ1) is 8.90. The van der Waals surface area contributed by atoms with Gasteiger partial charge in [0.1, 0.15) is 0 Å². The van der Waals surface area contributed by atoms with E-state index in [1.807, 2.05) is 7.05 Å². The van der Waals surface area contributed by atoms with E-state index in [2.05, 4.69) is 66.0 Å². The van der Waals surface area contributed by atoms with Crippen molar-refractivity contribution in [2.24, 2.45) is 0 Å². The third-order valence-electron chi connectivity index (χ3n) is 3.35. The lowest BCUT2D eigenvalue weighted by molar-refractivity contribution is 0.584. The van der Waals surface area contributed by atoms with Gasteiger partial charge in [0.25, 0.3) is 0 Å². The van der Waals surface area contributed by atoms with Gasteiger partial charge in [-0.05, 0) is 36.9 Å². The molecule has 0 aliphatic carbocycles. The van der Waals surface area contributed by atoms with E-state index in [1.165, 1.54) is 17.5 Å². The van der Waals surface area contributed by atoms with Crippen molar-refractivity contribution in [1.82, 2.24) is 5.32 Å². The Bertz CT molecular complexity index is 436. The minimum atomic E-state index is 0.594. The Balaban J connectivity index is 1.99. The van der Waals surface area contributed by atoms with E-state index in [4.69, 9.17) is 0 Å². The van der Waals surface area contributed by atoms with Crippen molar-refractivity contribution in [3.63, 3.8) is 0 Å². The first-order valence-corrected chi connectivity index (χ1v) is 6.63. The van der Waals surface area contributed by atoms with Gasteiger partial charge < -0.3 is 5.32 Å². The summed E-state index contributed by atoms with van der Waals surface area (Å²) < 4.78 is 0. The molecular weight excluding hydrogens is 218 g/mol. The zero-order chi connectivity index (χ0) is 12.6. The second-order valence-corrected chi connectivity index (χ2v) is 4.69. The highest BCUT2D eigenvalue weighted by Crippen LogP contribution is 2.20. The molecule has 0 aliphatic heterocycles. The van der Waals surface area contributed by atoms with Crippen LogP contribution in [0.3, 0.4) is 0 Å². The van der Waals surface area contributed by atoms with Crippen LogP contribution in [0.1, 0.15) is 23.5 Å². The molecule has 1 atom stereocenters. The van der Waals surface area contributed by atoms with E-state index < -0.39 is 0 Å². The van der Waals surface area contributed by atoms with Gasteiger partial charge in [-0.2, -0.15) is 0 Å². The SMILES string of the molecule is CNCC(CCc1ccccc1)c1ccccc1. The molecule has 0 heterocycles. The topological polar surface area (TPSA) is 12.0 Å². The summed E-state index contributed by atoms with van der Waals surface area (Å²) in [5.41, 5.74) is 2.86. The highest BCUT2D eigenvalue weighted by atomic mass is 14.8. The van der Waals surface area contributed by atoms with Crippen LogP contribution in [-0.4, -0.2) is 13.6 Å². The second-order valence-electron chi connectivity index (χ2n) is 4.69. The van der Waals surface area contributed by atoms with E-state index in [-0.39, 0.29) is 0 Å². The van der Waals surface area contributed by atoms with E-state index in [0.717, 1.165) is 13.0 Å². The average molecular weight is 239 g/mol. The molecule has 2 aromatic carbocycles. The summed E-state index contributed by atoms with van der Waals surface area (Å²) in [5.74, 6) is 0.594. The molecule has 0 fully saturated rings. The fourth-order valence-electron chi connectivity index (χ4n) is 2.34. The number of benzene rings is 2. The molecule has 2 aromatic rings. The summed E-state index contributed by atoms with van der Waals surface area (Å²) in [4.78, 5) is 0. The van der Waals surface area contributed by atoms with Crippen molar-refractivity contribution in [1.29, 1.82) is 0 Å². The number of rotatable bonds is 6. The number of nitrogens with one attached hydrogen (secondary N) is 1. The lowest BCUT2D eigenvalue weighted by Gasteiger charge is -2.17. The van der Waals surface area contributed by atoms with E-state index >= 15 is 0 Å². The van der Waals surface area contributed by atoms with Crippen LogP contribution in [0.15, 0.2) is 60.7 Å². The third-order valence-corrected chi connectivity index (χ3v) is 3.35. The minimum absolute atomic E-state index is 0.594. The molecule has 0 aliphatic rings. The summed E-state index contributed by atoms with van der Waals surface area (Å²) in [6.07, 6.45) is 2.33. The molecule has 1 N–H and O–H groups in total. The van der Waals surface area contributed by atoms with Gasteiger partial charge in [0.05, 0.1) is 0 Å². The molecule has 18 heavy (non-hydrogen) atoms. The van der Waals surface area contributed by atoms with E-state index in [9.17, 15) is 0 Å². The predicted octanol–water partition coefficient (Wildman–Crippen LogP) is 3.62. The maximum atomic E-state index is 3.30. The Labute approximate surface area is 110 Å². The minimum Gasteiger partial charge on any atom is -0.319 e. The Morgan fingerprint density at radius 1 is 0.889 bits per heavy atom. The monoisotopic (exact) mass is 239 g/mol. The zero-order valence-electron chi connectivity index (χ0n) is 11.0. The number of aryl methyl sites for hydroxylation is 1. The van der Waals surface area contributed by atoms with Crippen LogP contribution in [-0.2, 0) is 6.42 Å². The van der Waals surface area contributed by atoms with Crippen LogP contribution in [0.4, 0.5) is 0 Å². The summed E-state index contributed by atoms with van der Waals surface area (Å²) in [6, 6.07) is 21.5. The van der Waals surface area contributed by atoms with Gasteiger partial charge >= 0.3 is 0 Å². The predicted molar refractivity (Wildman–Crippen MR) is 77.9 cm³/mol. The smallest absolute Gasteiger partial charge is 0.00172 e. The van der Waals surface area contributed by atoms with Crippen LogP contribution in [0, 0.1) is 0 Å². The second kappa shape index (κ2) is 6.97. The standard InChI is InChI=1S/C17H21N/c1-18-14-17(16-10-6-3-7-11-16)13-12-15-8-4-2-5-9-15/h2-11,17-18H,12-14H2,1H3. The largest absolute Gasteiger partial charge is 0.319 e. The summed E-state index contributed by atoms with van der Waals surface area (Å²) in [5, 5.41) is 3.30. The number of likely N-dealkylation sites (N-methyl/N-ethyl adjacent to an activating group) is 1. The Morgan fingerprint density at radius 2 is 1.50 bits per heavy atom. The molecule has 0 spiro atoms. The van der Waals surface area contributed by atoms with Gasteiger partial charge in [-0.1, -0.05) is 60.7 Å². The molecule has 2 rings (SSSR count). The van der Waals surface area contributed by atoms with Crippen molar-refractivity contribution in [3.05, 3.63) is 71.8 Å². The van der Waals surface area contributed by atoms with Gasteiger partial charge in [-0.15, -0.1) is 0 Å². The van der Waals surface area contributed by atoms with Crippen LogP contribution >= 0.6 is 0 Å². The summed E-state index contributed by atoms with van der Waals surface area (Å²) in [7, 11) is 2.03. The highest BCUT2D eigenvalue weighted by molar-refractivity contribution is 5.21. The molecule has 1 heteroatoms. The van der Waals surface area contributed by atoms with Crippen molar-refractivity contribution >= 4 is 0 Å². The first kappa shape index (κ1) is 12.8. The average Bonchev–Trinajstić information content (AvgIpc) is 2.45. The molecule has 0 bridgehead atoms. The van der Waals surface area contributed by atoms with Gasteiger partial charge in [-0.25, -0.2) is 0 Å². The highest BCUT2D eigenvalue weighted by Gasteiger charge is 2.10. The third kappa shape index (κ3) is 3.71. The number of hydrogen-bond donors (Lipinski definition) is 1. The van der Waals surface area contributed by atoms with Gasteiger partial charge in [0.2, 0.25) is 0 Å². The molecule has 1 nitrogen and oxygen atoms in total. The maximum absolute atomic E-state index is 3.30. The molecular formula is C17H21N. The molecule has 0 amide bonds. The normalized spacial score (nSPS) is 12.3. The fraction of sp³-hybridized carbons (Fsp3) is 0.294. The molecule has 0 aromatic heterocycles. The van der Waals surface area contributed by atoms with Crippen molar-refractivity contribution in [3.8, 4) is 0 Å². The Kier molecular flexibility index (Phi) is 4.98. The van der Waals surface area contributed by atoms with Crippen LogP contribution in [0.5, 0.6) is 0 Å². The first-order valence-electron chi connectivity index (χ1n) is 6.63. The van der Waals surface area contributed by atoms with Crippen molar-refractivity contribution in [2.75, 3.05) is 13.6 Å². The fourth-order valence-corrected chi connectivity index (χ4v) is 2.34. The summed E-state index contributed by atoms with van der Waals surface area (Å²) in [6.45, 7) is 1.04. The summed E-state index contributed by atoms with van der Waals surface area (Å²) >= 11 is 0. The molecule has 0 radical (unpaired) electrons. The van der Waals surface area contributed by atoms with E-state index in [0.29, 0.717) is 5.92 Å². The van der Waals surface area contributed by atoms with Crippen molar-refractivity contribution < 1.29 is 0 Å². The number of hydrogen-bond acceptors (Lipinski definition) is 1. The molecule has 0 saturated carbocycles. The van der Waals surface area contributed by atoms with Crippen LogP contribution in [0.2, 0.25) is 0 Å².